The number of anilines is 1. The van der Waals surface area contributed by atoms with Gasteiger partial charge in [-0.3, -0.25) is 0 Å². The Hall–Kier alpha value is -2.79. The lowest BCUT2D eigenvalue weighted by molar-refractivity contribution is 0.251. The average molecular weight is 348 g/mol. The summed E-state index contributed by atoms with van der Waals surface area (Å²) in [5.41, 5.74) is 4.93. The third-order valence-corrected chi connectivity index (χ3v) is 4.94. The molecule has 0 saturated heterocycles. The first-order chi connectivity index (χ1) is 12.8. The molecule has 3 N–H and O–H groups in total. The van der Waals surface area contributed by atoms with Gasteiger partial charge in [-0.2, -0.15) is 0 Å². The predicted molar refractivity (Wildman–Crippen MR) is 106 cm³/mol. The fraction of sp³-hybridized carbons (Fsp3) is 0.286. The van der Waals surface area contributed by atoms with E-state index in [0.717, 1.165) is 38.2 Å². The minimum absolute atomic E-state index is 0.166. The number of nitrogens with zero attached hydrogens (tertiary/aromatic N) is 1. The molecule has 4 rings (SSSR count). The quantitative estimate of drug-likeness (QED) is 0.678. The van der Waals surface area contributed by atoms with Gasteiger partial charge in [0, 0.05) is 48.3 Å². The number of fused-ring (bicyclic) bond motifs is 3. The Balaban J connectivity index is 1.47. The molecular formula is C21H24N4O. The summed E-state index contributed by atoms with van der Waals surface area (Å²) in [5, 5.41) is 10.7. The molecule has 0 aliphatic carbocycles. The van der Waals surface area contributed by atoms with Crippen LogP contribution in [0.4, 0.5) is 10.5 Å². The molecule has 5 nitrogen and oxygen atoms in total. The number of rotatable bonds is 4. The standard InChI is InChI=1S/C21H24N4O/c26-21(24-16-6-2-1-3-7-16)23-14-15-25-19-9-5-4-8-17(19)18-10-12-22-13-11-20(18)25/h1-9,22H,10-15H2,(H2,23,24,26). The van der Waals surface area contributed by atoms with E-state index < -0.39 is 0 Å². The van der Waals surface area contributed by atoms with Crippen LogP contribution in [0, 0.1) is 0 Å². The molecule has 3 aromatic rings. The minimum atomic E-state index is -0.166. The van der Waals surface area contributed by atoms with Crippen molar-refractivity contribution < 1.29 is 4.79 Å². The summed E-state index contributed by atoms with van der Waals surface area (Å²) in [6.07, 6.45) is 2.09. The van der Waals surface area contributed by atoms with E-state index in [1.165, 1.54) is 22.2 Å². The summed E-state index contributed by atoms with van der Waals surface area (Å²) < 4.78 is 2.38. The second-order valence-corrected chi connectivity index (χ2v) is 6.59. The lowest BCUT2D eigenvalue weighted by atomic mass is 10.1. The van der Waals surface area contributed by atoms with Crippen LogP contribution in [-0.4, -0.2) is 30.2 Å². The Morgan fingerprint density at radius 1 is 1.00 bits per heavy atom. The molecule has 2 aromatic carbocycles. The molecule has 1 aliphatic rings. The zero-order valence-electron chi connectivity index (χ0n) is 14.8. The van der Waals surface area contributed by atoms with E-state index >= 15 is 0 Å². The fourth-order valence-electron chi connectivity index (χ4n) is 3.77. The van der Waals surface area contributed by atoms with Crippen molar-refractivity contribution in [2.75, 3.05) is 25.0 Å². The summed E-state index contributed by atoms with van der Waals surface area (Å²) in [4.78, 5) is 12.1. The van der Waals surface area contributed by atoms with Crippen LogP contribution >= 0.6 is 0 Å². The normalized spacial score (nSPS) is 13.8. The van der Waals surface area contributed by atoms with Crippen LogP contribution in [0.15, 0.2) is 54.6 Å². The molecule has 134 valence electrons. The molecule has 2 heterocycles. The molecule has 5 heteroatoms. The van der Waals surface area contributed by atoms with Gasteiger partial charge in [-0.1, -0.05) is 36.4 Å². The van der Waals surface area contributed by atoms with Crippen molar-refractivity contribution in [3.05, 3.63) is 65.9 Å². The van der Waals surface area contributed by atoms with Gasteiger partial charge >= 0.3 is 6.03 Å². The van der Waals surface area contributed by atoms with Crippen molar-refractivity contribution in [3.63, 3.8) is 0 Å². The topological polar surface area (TPSA) is 58.1 Å². The van der Waals surface area contributed by atoms with Crippen molar-refractivity contribution in [3.8, 4) is 0 Å². The number of benzene rings is 2. The first-order valence-electron chi connectivity index (χ1n) is 9.22. The summed E-state index contributed by atoms with van der Waals surface area (Å²) in [6, 6.07) is 17.9. The smallest absolute Gasteiger partial charge is 0.319 e. The second kappa shape index (κ2) is 7.62. The predicted octanol–water partition coefficient (Wildman–Crippen LogP) is 3.15. The van der Waals surface area contributed by atoms with Crippen molar-refractivity contribution in [2.24, 2.45) is 0 Å². The third kappa shape index (κ3) is 3.44. The number of amides is 2. The lowest BCUT2D eigenvalue weighted by Crippen LogP contribution is -2.31. The highest BCUT2D eigenvalue weighted by atomic mass is 16.2. The number of urea groups is 1. The number of aromatic nitrogens is 1. The Morgan fingerprint density at radius 3 is 2.65 bits per heavy atom. The molecule has 1 aromatic heterocycles. The van der Waals surface area contributed by atoms with Crippen LogP contribution in [0.2, 0.25) is 0 Å². The molecule has 0 atom stereocenters. The van der Waals surface area contributed by atoms with E-state index in [9.17, 15) is 4.79 Å². The Morgan fingerprint density at radius 2 is 1.77 bits per heavy atom. The summed E-state index contributed by atoms with van der Waals surface area (Å²) >= 11 is 0. The highest BCUT2D eigenvalue weighted by Crippen LogP contribution is 2.28. The van der Waals surface area contributed by atoms with E-state index in [1.807, 2.05) is 30.3 Å². The monoisotopic (exact) mass is 348 g/mol. The summed E-state index contributed by atoms with van der Waals surface area (Å²) in [5.74, 6) is 0. The Bertz CT molecular complexity index is 901. The molecular weight excluding hydrogens is 324 g/mol. The van der Waals surface area contributed by atoms with Crippen LogP contribution in [-0.2, 0) is 19.4 Å². The molecule has 1 aliphatic heterocycles. The van der Waals surface area contributed by atoms with Crippen LogP contribution in [0.25, 0.3) is 10.9 Å². The van der Waals surface area contributed by atoms with E-state index in [1.54, 1.807) is 0 Å². The molecule has 0 fully saturated rings. The largest absolute Gasteiger partial charge is 0.342 e. The van der Waals surface area contributed by atoms with E-state index in [-0.39, 0.29) is 6.03 Å². The summed E-state index contributed by atoms with van der Waals surface area (Å²) in [6.45, 7) is 3.40. The van der Waals surface area contributed by atoms with Crippen molar-refractivity contribution >= 4 is 22.6 Å². The van der Waals surface area contributed by atoms with E-state index in [2.05, 4.69) is 44.8 Å². The van der Waals surface area contributed by atoms with Crippen LogP contribution in [0.5, 0.6) is 0 Å². The van der Waals surface area contributed by atoms with Crippen molar-refractivity contribution in [1.82, 2.24) is 15.2 Å². The van der Waals surface area contributed by atoms with E-state index in [4.69, 9.17) is 0 Å². The third-order valence-electron chi connectivity index (χ3n) is 4.94. The van der Waals surface area contributed by atoms with Crippen molar-refractivity contribution in [1.29, 1.82) is 0 Å². The number of carbonyl (C=O) groups is 1. The van der Waals surface area contributed by atoms with Gasteiger partial charge in [0.05, 0.1) is 0 Å². The van der Waals surface area contributed by atoms with Gasteiger partial charge in [-0.15, -0.1) is 0 Å². The zero-order valence-corrected chi connectivity index (χ0v) is 14.8. The number of nitrogens with one attached hydrogen (secondary N) is 3. The van der Waals surface area contributed by atoms with Crippen LogP contribution in [0.3, 0.4) is 0 Å². The zero-order chi connectivity index (χ0) is 17.8. The Kier molecular flexibility index (Phi) is 4.88. The number of hydrogen-bond acceptors (Lipinski definition) is 2. The van der Waals surface area contributed by atoms with Crippen LogP contribution < -0.4 is 16.0 Å². The number of carbonyl (C=O) groups excluding carboxylic acids is 1. The first kappa shape index (κ1) is 16.7. The minimum Gasteiger partial charge on any atom is -0.342 e. The highest BCUT2D eigenvalue weighted by Gasteiger charge is 2.18. The molecule has 0 unspecified atom stereocenters. The number of para-hydroxylation sites is 2. The van der Waals surface area contributed by atoms with Gasteiger partial charge in [0.25, 0.3) is 0 Å². The maximum Gasteiger partial charge on any atom is 0.319 e. The molecule has 2 amide bonds. The highest BCUT2D eigenvalue weighted by molar-refractivity contribution is 5.89. The first-order valence-corrected chi connectivity index (χ1v) is 9.22. The van der Waals surface area contributed by atoms with Crippen LogP contribution in [0.1, 0.15) is 11.3 Å². The SMILES string of the molecule is O=C(NCCn1c2c(c3ccccc31)CCNCC2)Nc1ccccc1. The maximum atomic E-state index is 12.1. The van der Waals surface area contributed by atoms with Crippen molar-refractivity contribution in [2.45, 2.75) is 19.4 Å². The lowest BCUT2D eigenvalue weighted by Gasteiger charge is -2.12. The van der Waals surface area contributed by atoms with Gasteiger partial charge in [-0.05, 0) is 36.7 Å². The number of hydrogen-bond donors (Lipinski definition) is 3. The van der Waals surface area contributed by atoms with Gasteiger partial charge in [0.1, 0.15) is 0 Å². The molecule has 0 bridgehead atoms. The Labute approximate surface area is 153 Å². The average Bonchev–Trinajstić information content (AvgIpc) is 2.82. The molecule has 0 radical (unpaired) electrons. The fourth-order valence-corrected chi connectivity index (χ4v) is 3.77. The van der Waals surface area contributed by atoms with E-state index in [0.29, 0.717) is 6.54 Å². The molecule has 26 heavy (non-hydrogen) atoms. The van der Waals surface area contributed by atoms with Gasteiger partial charge in [-0.25, -0.2) is 4.79 Å². The van der Waals surface area contributed by atoms with Gasteiger partial charge in [0.2, 0.25) is 0 Å². The van der Waals surface area contributed by atoms with Gasteiger partial charge < -0.3 is 20.5 Å². The second-order valence-electron chi connectivity index (χ2n) is 6.59. The molecule has 0 spiro atoms. The summed E-state index contributed by atoms with van der Waals surface area (Å²) in [7, 11) is 0. The maximum absolute atomic E-state index is 12.1. The molecule has 0 saturated carbocycles. The van der Waals surface area contributed by atoms with Gasteiger partial charge in [0.15, 0.2) is 0 Å².